The normalized spacial score (nSPS) is 8.80. The van der Waals surface area contributed by atoms with Gasteiger partial charge in [0.25, 0.3) is 0 Å². The number of phenols is 1. The Bertz CT molecular complexity index is 230. The van der Waals surface area contributed by atoms with Crippen LogP contribution in [-0.2, 0) is 0 Å². The standard InChI is InChI=1S/C8H8O2/c1-2-10-8-6-4-3-5-7(8)9/h2-6,9H,1H2. The van der Waals surface area contributed by atoms with E-state index in [1.54, 1.807) is 24.3 Å². The van der Waals surface area contributed by atoms with Crippen molar-refractivity contribution >= 4 is 0 Å². The molecule has 0 atom stereocenters. The van der Waals surface area contributed by atoms with Crippen LogP contribution in [0, 0.1) is 0 Å². The van der Waals surface area contributed by atoms with Crippen LogP contribution in [0.3, 0.4) is 0 Å². The van der Waals surface area contributed by atoms with E-state index in [-0.39, 0.29) is 5.75 Å². The molecule has 0 fully saturated rings. The van der Waals surface area contributed by atoms with Crippen LogP contribution in [0.4, 0.5) is 0 Å². The van der Waals surface area contributed by atoms with Crippen molar-refractivity contribution in [3.05, 3.63) is 37.1 Å². The Hall–Kier alpha value is -1.44. The molecule has 0 unspecified atom stereocenters. The van der Waals surface area contributed by atoms with Crippen molar-refractivity contribution < 1.29 is 9.84 Å². The maximum Gasteiger partial charge on any atom is 0.168 e. The van der Waals surface area contributed by atoms with Crippen LogP contribution in [0.5, 0.6) is 11.5 Å². The number of benzene rings is 1. The highest BCUT2D eigenvalue weighted by Crippen LogP contribution is 2.23. The first-order valence-electron chi connectivity index (χ1n) is 2.90. The SMILES string of the molecule is C=COc1ccccc1O. The number of rotatable bonds is 2. The van der Waals surface area contributed by atoms with Gasteiger partial charge in [-0.2, -0.15) is 0 Å². The summed E-state index contributed by atoms with van der Waals surface area (Å²) in [6, 6.07) is 6.72. The fourth-order valence-electron chi connectivity index (χ4n) is 0.647. The third-order valence-electron chi connectivity index (χ3n) is 1.08. The van der Waals surface area contributed by atoms with Crippen molar-refractivity contribution in [3.8, 4) is 11.5 Å². The number of hydrogen-bond donors (Lipinski definition) is 1. The zero-order valence-electron chi connectivity index (χ0n) is 5.45. The van der Waals surface area contributed by atoms with Crippen LogP contribution in [0.25, 0.3) is 0 Å². The van der Waals surface area contributed by atoms with Crippen molar-refractivity contribution in [3.63, 3.8) is 0 Å². The lowest BCUT2D eigenvalue weighted by Crippen LogP contribution is -1.79. The second kappa shape index (κ2) is 2.92. The molecule has 2 nitrogen and oxygen atoms in total. The molecule has 0 saturated heterocycles. The van der Waals surface area contributed by atoms with Gasteiger partial charge in [0.2, 0.25) is 0 Å². The summed E-state index contributed by atoms with van der Waals surface area (Å²) in [5, 5.41) is 9.07. The lowest BCUT2D eigenvalue weighted by molar-refractivity contribution is 0.411. The molecule has 1 N–H and O–H groups in total. The molecule has 0 aliphatic carbocycles. The first-order chi connectivity index (χ1) is 4.84. The molecule has 0 heterocycles. The van der Waals surface area contributed by atoms with Crippen LogP contribution in [0.15, 0.2) is 37.1 Å². The number of ether oxygens (including phenoxy) is 1. The van der Waals surface area contributed by atoms with Crippen molar-refractivity contribution in [2.45, 2.75) is 0 Å². The van der Waals surface area contributed by atoms with Gasteiger partial charge in [-0.25, -0.2) is 0 Å². The van der Waals surface area contributed by atoms with Gasteiger partial charge in [-0.15, -0.1) is 0 Å². The van der Waals surface area contributed by atoms with E-state index in [0.29, 0.717) is 5.75 Å². The van der Waals surface area contributed by atoms with Gasteiger partial charge < -0.3 is 9.84 Å². The summed E-state index contributed by atoms with van der Waals surface area (Å²) in [5.74, 6) is 0.555. The second-order valence-electron chi connectivity index (χ2n) is 1.75. The first-order valence-corrected chi connectivity index (χ1v) is 2.90. The molecule has 0 saturated carbocycles. The largest absolute Gasteiger partial charge is 0.504 e. The maximum atomic E-state index is 9.07. The summed E-state index contributed by atoms with van der Waals surface area (Å²) in [6.45, 7) is 3.36. The highest BCUT2D eigenvalue weighted by atomic mass is 16.5. The topological polar surface area (TPSA) is 29.5 Å². The third kappa shape index (κ3) is 1.29. The summed E-state index contributed by atoms with van der Waals surface area (Å²) in [4.78, 5) is 0. The number of aromatic hydroxyl groups is 1. The summed E-state index contributed by atoms with van der Waals surface area (Å²) in [5.41, 5.74) is 0. The minimum Gasteiger partial charge on any atom is -0.504 e. The monoisotopic (exact) mass is 136 g/mol. The zero-order valence-corrected chi connectivity index (χ0v) is 5.45. The minimum absolute atomic E-state index is 0.127. The first kappa shape index (κ1) is 6.68. The number of phenolic OH excluding ortho intramolecular Hbond substituents is 1. The maximum absolute atomic E-state index is 9.07. The average Bonchev–Trinajstić information content (AvgIpc) is 1.94. The van der Waals surface area contributed by atoms with Gasteiger partial charge in [0.05, 0.1) is 6.26 Å². The molecule has 1 aromatic rings. The molecule has 0 aromatic heterocycles. The molecule has 0 amide bonds. The van der Waals surface area contributed by atoms with Crippen LogP contribution in [0.2, 0.25) is 0 Å². The van der Waals surface area contributed by atoms with E-state index in [9.17, 15) is 0 Å². The number of para-hydroxylation sites is 2. The summed E-state index contributed by atoms with van der Waals surface area (Å²) in [7, 11) is 0. The molecule has 0 bridgehead atoms. The third-order valence-corrected chi connectivity index (χ3v) is 1.08. The van der Waals surface area contributed by atoms with Gasteiger partial charge in [0.1, 0.15) is 0 Å². The average molecular weight is 136 g/mol. The molecule has 1 aromatic carbocycles. The highest BCUT2D eigenvalue weighted by molar-refractivity contribution is 5.38. The Labute approximate surface area is 59.4 Å². The lowest BCUT2D eigenvalue weighted by Gasteiger charge is -1.99. The van der Waals surface area contributed by atoms with Crippen LogP contribution < -0.4 is 4.74 Å². The fraction of sp³-hybridized carbons (Fsp3) is 0. The van der Waals surface area contributed by atoms with Crippen LogP contribution in [-0.4, -0.2) is 5.11 Å². The van der Waals surface area contributed by atoms with Crippen molar-refractivity contribution in [1.29, 1.82) is 0 Å². The molecular formula is C8H8O2. The fourth-order valence-corrected chi connectivity index (χ4v) is 0.647. The van der Waals surface area contributed by atoms with E-state index in [0.717, 1.165) is 0 Å². The Balaban J connectivity index is 2.91. The molecule has 52 valence electrons. The van der Waals surface area contributed by atoms with E-state index in [1.807, 2.05) is 0 Å². The lowest BCUT2D eigenvalue weighted by atomic mass is 10.3. The van der Waals surface area contributed by atoms with Gasteiger partial charge in [-0.05, 0) is 12.1 Å². The van der Waals surface area contributed by atoms with Gasteiger partial charge >= 0.3 is 0 Å². The second-order valence-corrected chi connectivity index (χ2v) is 1.75. The molecule has 0 radical (unpaired) electrons. The summed E-state index contributed by atoms with van der Waals surface area (Å²) < 4.78 is 4.85. The van der Waals surface area contributed by atoms with Gasteiger partial charge in [0.15, 0.2) is 11.5 Å². The minimum atomic E-state index is 0.127. The quantitative estimate of drug-likeness (QED) is 0.629. The zero-order chi connectivity index (χ0) is 7.40. The highest BCUT2D eigenvalue weighted by Gasteiger charge is 1.95. The summed E-state index contributed by atoms with van der Waals surface area (Å²) >= 11 is 0. The number of hydrogen-bond acceptors (Lipinski definition) is 2. The van der Waals surface area contributed by atoms with E-state index >= 15 is 0 Å². The molecule has 1 rings (SSSR count). The van der Waals surface area contributed by atoms with E-state index in [4.69, 9.17) is 9.84 Å². The molecular weight excluding hydrogens is 128 g/mol. The Morgan fingerprint density at radius 2 is 2.10 bits per heavy atom. The predicted molar refractivity (Wildman–Crippen MR) is 38.9 cm³/mol. The molecule has 0 aliphatic heterocycles. The van der Waals surface area contributed by atoms with Gasteiger partial charge in [-0.1, -0.05) is 18.7 Å². The smallest absolute Gasteiger partial charge is 0.168 e. The molecule has 10 heavy (non-hydrogen) atoms. The molecule has 0 aliphatic rings. The van der Waals surface area contributed by atoms with Crippen molar-refractivity contribution in [1.82, 2.24) is 0 Å². The van der Waals surface area contributed by atoms with Gasteiger partial charge in [0, 0.05) is 0 Å². The van der Waals surface area contributed by atoms with E-state index in [1.165, 1.54) is 6.26 Å². The van der Waals surface area contributed by atoms with Crippen LogP contribution >= 0.6 is 0 Å². The van der Waals surface area contributed by atoms with E-state index < -0.39 is 0 Å². The Morgan fingerprint density at radius 1 is 1.40 bits per heavy atom. The predicted octanol–water partition coefficient (Wildman–Crippen LogP) is 1.91. The van der Waals surface area contributed by atoms with Crippen molar-refractivity contribution in [2.75, 3.05) is 0 Å². The molecule has 0 spiro atoms. The Morgan fingerprint density at radius 3 is 2.70 bits per heavy atom. The Kier molecular flexibility index (Phi) is 1.95. The van der Waals surface area contributed by atoms with E-state index in [2.05, 4.69) is 6.58 Å². The summed E-state index contributed by atoms with van der Waals surface area (Å²) in [6.07, 6.45) is 1.27. The van der Waals surface area contributed by atoms with Crippen molar-refractivity contribution in [2.24, 2.45) is 0 Å². The van der Waals surface area contributed by atoms with Gasteiger partial charge in [-0.3, -0.25) is 0 Å². The van der Waals surface area contributed by atoms with Crippen LogP contribution in [0.1, 0.15) is 0 Å². The molecule has 2 heteroatoms.